The van der Waals surface area contributed by atoms with Crippen LogP contribution >= 0.6 is 15.9 Å². The summed E-state index contributed by atoms with van der Waals surface area (Å²) in [5.74, 6) is 0.384. The summed E-state index contributed by atoms with van der Waals surface area (Å²) in [7, 11) is 0.129. The zero-order chi connectivity index (χ0) is 16.2. The van der Waals surface area contributed by atoms with Crippen LogP contribution in [0.4, 0.5) is 5.82 Å². The molecule has 0 aliphatic heterocycles. The van der Waals surface area contributed by atoms with Crippen molar-refractivity contribution in [2.24, 2.45) is 5.92 Å². The van der Waals surface area contributed by atoms with Crippen LogP contribution in [0.3, 0.4) is 0 Å². The molecular formula is C13H23BrN4O2S. The Kier molecular flexibility index (Phi) is 6.58. The summed E-state index contributed by atoms with van der Waals surface area (Å²) in [4.78, 5) is 5.84. The van der Waals surface area contributed by atoms with Gasteiger partial charge in [-0.1, -0.05) is 13.8 Å². The predicted octanol–water partition coefficient (Wildman–Crippen LogP) is 1.68. The van der Waals surface area contributed by atoms with Gasteiger partial charge < -0.3 is 10.6 Å². The summed E-state index contributed by atoms with van der Waals surface area (Å²) in [6.07, 6.45) is 2.22. The van der Waals surface area contributed by atoms with Gasteiger partial charge in [-0.05, 0) is 48.4 Å². The number of pyridine rings is 1. The third-order valence-electron chi connectivity index (χ3n) is 2.80. The number of sulfonamides is 1. The maximum atomic E-state index is 12.5. The van der Waals surface area contributed by atoms with E-state index in [-0.39, 0.29) is 16.8 Å². The first-order valence-corrected chi connectivity index (χ1v) is 8.97. The topological polar surface area (TPSA) is 88.3 Å². The van der Waals surface area contributed by atoms with E-state index in [1.807, 2.05) is 19.0 Å². The summed E-state index contributed by atoms with van der Waals surface area (Å²) in [6.45, 7) is 4.75. The van der Waals surface area contributed by atoms with E-state index in [4.69, 9.17) is 5.73 Å². The molecule has 0 aliphatic rings. The van der Waals surface area contributed by atoms with Crippen LogP contribution in [-0.2, 0) is 10.0 Å². The minimum Gasteiger partial charge on any atom is -0.383 e. The van der Waals surface area contributed by atoms with E-state index in [1.165, 1.54) is 12.3 Å². The molecule has 0 fully saturated rings. The smallest absolute Gasteiger partial charge is 0.244 e. The van der Waals surface area contributed by atoms with Crippen molar-refractivity contribution in [3.8, 4) is 0 Å². The molecule has 0 aromatic carbocycles. The maximum absolute atomic E-state index is 12.5. The molecule has 0 amide bonds. The molecule has 0 saturated heterocycles. The predicted molar refractivity (Wildman–Crippen MR) is 88.5 cm³/mol. The average molecular weight is 379 g/mol. The average Bonchev–Trinajstić information content (AvgIpc) is 2.29. The first kappa shape index (κ1) is 18.3. The lowest BCUT2D eigenvalue weighted by atomic mass is 10.0. The highest BCUT2D eigenvalue weighted by Crippen LogP contribution is 2.21. The largest absolute Gasteiger partial charge is 0.383 e. The van der Waals surface area contributed by atoms with Gasteiger partial charge in [0.2, 0.25) is 10.0 Å². The van der Waals surface area contributed by atoms with Crippen molar-refractivity contribution in [1.82, 2.24) is 14.6 Å². The molecule has 21 heavy (non-hydrogen) atoms. The maximum Gasteiger partial charge on any atom is 0.244 e. The Bertz CT molecular complexity index is 566. The third-order valence-corrected chi connectivity index (χ3v) is 4.78. The second-order valence-electron chi connectivity index (χ2n) is 5.75. The summed E-state index contributed by atoms with van der Waals surface area (Å²) in [6, 6.07) is 1.29. The second kappa shape index (κ2) is 7.53. The van der Waals surface area contributed by atoms with Crippen LogP contribution in [-0.4, -0.2) is 45.0 Å². The SMILES string of the molecule is CC(C)CC(CN(C)C)NS(=O)(=O)c1cc(Br)cnc1N. The van der Waals surface area contributed by atoms with Crippen LogP contribution in [0, 0.1) is 5.92 Å². The molecule has 120 valence electrons. The first-order valence-electron chi connectivity index (χ1n) is 6.70. The van der Waals surface area contributed by atoms with Gasteiger partial charge in [0, 0.05) is 23.3 Å². The Hall–Kier alpha value is -0.700. The minimum atomic E-state index is -3.70. The highest BCUT2D eigenvalue weighted by atomic mass is 79.9. The van der Waals surface area contributed by atoms with Gasteiger partial charge >= 0.3 is 0 Å². The monoisotopic (exact) mass is 378 g/mol. The van der Waals surface area contributed by atoms with E-state index in [0.29, 0.717) is 16.9 Å². The van der Waals surface area contributed by atoms with E-state index < -0.39 is 10.0 Å². The molecule has 1 aromatic heterocycles. The molecule has 0 saturated carbocycles. The molecule has 0 aliphatic carbocycles. The van der Waals surface area contributed by atoms with Crippen LogP contribution in [0.1, 0.15) is 20.3 Å². The van der Waals surface area contributed by atoms with Crippen LogP contribution in [0.25, 0.3) is 0 Å². The molecule has 0 bridgehead atoms. The van der Waals surface area contributed by atoms with Gasteiger partial charge in [0.25, 0.3) is 0 Å². The van der Waals surface area contributed by atoms with Crippen LogP contribution in [0.15, 0.2) is 21.6 Å². The molecule has 1 atom stereocenters. The molecule has 3 N–H and O–H groups in total. The summed E-state index contributed by atoms with van der Waals surface area (Å²) < 4.78 is 28.3. The Labute approximate surface area is 135 Å². The number of halogens is 1. The zero-order valence-electron chi connectivity index (χ0n) is 12.8. The number of hydrogen-bond donors (Lipinski definition) is 2. The number of nitrogens with one attached hydrogen (secondary N) is 1. The lowest BCUT2D eigenvalue weighted by Gasteiger charge is -2.24. The number of rotatable bonds is 7. The fourth-order valence-electron chi connectivity index (χ4n) is 2.10. The molecular weight excluding hydrogens is 356 g/mol. The second-order valence-corrected chi connectivity index (χ2v) is 8.34. The number of aromatic nitrogens is 1. The van der Waals surface area contributed by atoms with Crippen molar-refractivity contribution in [3.63, 3.8) is 0 Å². The van der Waals surface area contributed by atoms with Crippen molar-refractivity contribution >= 4 is 31.8 Å². The summed E-state index contributed by atoms with van der Waals surface area (Å²) >= 11 is 3.22. The van der Waals surface area contributed by atoms with Gasteiger partial charge in [0.1, 0.15) is 10.7 Å². The van der Waals surface area contributed by atoms with E-state index in [9.17, 15) is 8.42 Å². The van der Waals surface area contributed by atoms with Crippen molar-refractivity contribution in [3.05, 3.63) is 16.7 Å². The van der Waals surface area contributed by atoms with Crippen LogP contribution in [0.5, 0.6) is 0 Å². The number of hydrogen-bond acceptors (Lipinski definition) is 5. The molecule has 8 heteroatoms. The highest BCUT2D eigenvalue weighted by molar-refractivity contribution is 9.10. The highest BCUT2D eigenvalue weighted by Gasteiger charge is 2.24. The number of nitrogen functional groups attached to an aromatic ring is 1. The summed E-state index contributed by atoms with van der Waals surface area (Å²) in [5, 5.41) is 0. The first-order chi connectivity index (χ1) is 9.61. The quantitative estimate of drug-likeness (QED) is 0.753. The van der Waals surface area contributed by atoms with E-state index in [0.717, 1.165) is 6.42 Å². The number of likely N-dealkylation sites (N-methyl/N-ethyl adjacent to an activating group) is 1. The molecule has 1 heterocycles. The Morgan fingerprint density at radius 2 is 2.05 bits per heavy atom. The van der Waals surface area contributed by atoms with Crippen molar-refractivity contribution < 1.29 is 8.42 Å². The number of anilines is 1. The molecule has 1 rings (SSSR count). The lowest BCUT2D eigenvalue weighted by Crippen LogP contribution is -2.42. The Morgan fingerprint density at radius 3 is 2.57 bits per heavy atom. The number of nitrogens with two attached hydrogens (primary N) is 1. The fourth-order valence-corrected chi connectivity index (χ4v) is 3.93. The summed E-state index contributed by atoms with van der Waals surface area (Å²) in [5.41, 5.74) is 5.69. The fraction of sp³-hybridized carbons (Fsp3) is 0.615. The molecule has 0 radical (unpaired) electrons. The Balaban J connectivity index is 3.02. The standard InChI is InChI=1S/C13H23BrN4O2S/c1-9(2)5-11(8-18(3)4)17-21(19,20)12-6-10(14)7-16-13(12)15/h6-7,9,11,17H,5,8H2,1-4H3,(H2,15,16). The minimum absolute atomic E-state index is 0.00106. The lowest BCUT2D eigenvalue weighted by molar-refractivity contribution is 0.329. The normalized spacial score (nSPS) is 13.9. The molecule has 1 aromatic rings. The van der Waals surface area contributed by atoms with Crippen LogP contribution < -0.4 is 10.5 Å². The van der Waals surface area contributed by atoms with Crippen molar-refractivity contribution in [2.75, 3.05) is 26.4 Å². The van der Waals surface area contributed by atoms with Crippen molar-refractivity contribution in [2.45, 2.75) is 31.2 Å². The molecule has 0 spiro atoms. The van der Waals surface area contributed by atoms with E-state index in [2.05, 4.69) is 39.5 Å². The molecule has 1 unspecified atom stereocenters. The Morgan fingerprint density at radius 1 is 1.43 bits per heavy atom. The third kappa shape index (κ3) is 5.90. The van der Waals surface area contributed by atoms with Crippen molar-refractivity contribution in [1.29, 1.82) is 0 Å². The van der Waals surface area contributed by atoms with Gasteiger partial charge in [0.15, 0.2) is 0 Å². The van der Waals surface area contributed by atoms with Gasteiger partial charge in [-0.3, -0.25) is 0 Å². The van der Waals surface area contributed by atoms with Gasteiger partial charge in [-0.25, -0.2) is 18.1 Å². The van der Waals surface area contributed by atoms with E-state index in [1.54, 1.807) is 0 Å². The molecule has 6 nitrogen and oxygen atoms in total. The van der Waals surface area contributed by atoms with Gasteiger partial charge in [-0.15, -0.1) is 0 Å². The van der Waals surface area contributed by atoms with Crippen LogP contribution in [0.2, 0.25) is 0 Å². The van der Waals surface area contributed by atoms with Gasteiger partial charge in [-0.2, -0.15) is 0 Å². The van der Waals surface area contributed by atoms with Gasteiger partial charge in [0.05, 0.1) is 0 Å². The van der Waals surface area contributed by atoms with E-state index >= 15 is 0 Å². The number of nitrogens with zero attached hydrogens (tertiary/aromatic N) is 2. The zero-order valence-corrected chi connectivity index (χ0v) is 15.2.